The lowest BCUT2D eigenvalue weighted by Crippen LogP contribution is -2.37. The summed E-state index contributed by atoms with van der Waals surface area (Å²) in [7, 11) is 0. The molecule has 0 aliphatic carbocycles. The number of ether oxygens (including phenoxy) is 2. The van der Waals surface area contributed by atoms with Crippen molar-refractivity contribution in [3.05, 3.63) is 29.8 Å². The van der Waals surface area contributed by atoms with E-state index in [0.29, 0.717) is 19.8 Å². The highest BCUT2D eigenvalue weighted by molar-refractivity contribution is 5.74. The van der Waals surface area contributed by atoms with Crippen molar-refractivity contribution in [3.63, 3.8) is 0 Å². The van der Waals surface area contributed by atoms with E-state index in [9.17, 15) is 13.6 Å². The van der Waals surface area contributed by atoms with E-state index in [1.54, 1.807) is 12.1 Å². The molecule has 0 aliphatic rings. The lowest BCUT2D eigenvalue weighted by atomic mass is 10.1. The van der Waals surface area contributed by atoms with E-state index in [-0.39, 0.29) is 17.8 Å². The van der Waals surface area contributed by atoms with Gasteiger partial charge in [-0.15, -0.1) is 0 Å². The Kier molecular flexibility index (Phi) is 8.21. The van der Waals surface area contributed by atoms with Crippen LogP contribution in [-0.2, 0) is 4.74 Å². The second-order valence-corrected chi connectivity index (χ2v) is 4.62. The van der Waals surface area contributed by atoms with Crippen LogP contribution in [0.25, 0.3) is 0 Å². The number of carbonyl (C=O) groups is 1. The molecule has 124 valence electrons. The Bertz CT molecular complexity index is 441. The zero-order valence-corrected chi connectivity index (χ0v) is 12.8. The Hall–Kier alpha value is -1.89. The van der Waals surface area contributed by atoms with Crippen molar-refractivity contribution < 1.29 is 23.0 Å². The van der Waals surface area contributed by atoms with Gasteiger partial charge in [0.05, 0.1) is 6.04 Å². The zero-order chi connectivity index (χ0) is 16.4. The Labute approximate surface area is 129 Å². The van der Waals surface area contributed by atoms with Gasteiger partial charge in [0.2, 0.25) is 0 Å². The average Bonchev–Trinajstić information content (AvgIpc) is 2.47. The molecule has 0 saturated heterocycles. The van der Waals surface area contributed by atoms with Crippen LogP contribution in [-0.4, -0.2) is 32.4 Å². The number of rotatable bonds is 9. The molecular formula is C15H22F2N2O3. The summed E-state index contributed by atoms with van der Waals surface area (Å²) in [5.41, 5.74) is 0.797. The largest absolute Gasteiger partial charge is 0.435 e. The van der Waals surface area contributed by atoms with Gasteiger partial charge < -0.3 is 20.1 Å². The molecule has 7 heteroatoms. The second-order valence-electron chi connectivity index (χ2n) is 4.62. The van der Waals surface area contributed by atoms with E-state index >= 15 is 0 Å². The summed E-state index contributed by atoms with van der Waals surface area (Å²) in [5, 5.41) is 5.49. The van der Waals surface area contributed by atoms with Crippen molar-refractivity contribution in [1.82, 2.24) is 10.6 Å². The molecule has 2 N–H and O–H groups in total. The number of benzene rings is 1. The summed E-state index contributed by atoms with van der Waals surface area (Å²) in [4.78, 5) is 11.7. The minimum Gasteiger partial charge on any atom is -0.435 e. The van der Waals surface area contributed by atoms with Crippen molar-refractivity contribution in [1.29, 1.82) is 0 Å². The smallest absolute Gasteiger partial charge is 0.387 e. The lowest BCUT2D eigenvalue weighted by molar-refractivity contribution is -0.0498. The molecule has 0 aromatic heterocycles. The molecular weight excluding hydrogens is 294 g/mol. The van der Waals surface area contributed by atoms with Gasteiger partial charge in [-0.3, -0.25) is 0 Å². The predicted molar refractivity (Wildman–Crippen MR) is 79.1 cm³/mol. The summed E-state index contributed by atoms with van der Waals surface area (Å²) in [6.45, 7) is 2.68. The summed E-state index contributed by atoms with van der Waals surface area (Å²) in [6, 6.07) is 5.64. The Morgan fingerprint density at radius 2 is 1.95 bits per heavy atom. The maximum Gasteiger partial charge on any atom is 0.387 e. The highest BCUT2D eigenvalue weighted by Gasteiger charge is 2.10. The average molecular weight is 316 g/mol. The molecule has 0 bridgehead atoms. The number of hydrogen-bond donors (Lipinski definition) is 2. The van der Waals surface area contributed by atoms with Gasteiger partial charge in [-0.1, -0.05) is 12.1 Å². The van der Waals surface area contributed by atoms with Gasteiger partial charge in [-0.2, -0.15) is 8.78 Å². The van der Waals surface area contributed by atoms with Gasteiger partial charge in [0.1, 0.15) is 5.75 Å². The maximum atomic E-state index is 12.1. The number of amides is 2. The van der Waals surface area contributed by atoms with Crippen LogP contribution in [0.3, 0.4) is 0 Å². The molecule has 1 aromatic rings. The molecule has 1 aromatic carbocycles. The highest BCUT2D eigenvalue weighted by atomic mass is 19.3. The topological polar surface area (TPSA) is 59.6 Å². The fourth-order valence-corrected chi connectivity index (χ4v) is 1.79. The van der Waals surface area contributed by atoms with Crippen molar-refractivity contribution in [2.75, 3.05) is 19.8 Å². The minimum absolute atomic E-state index is 0.0892. The molecule has 1 unspecified atom stereocenters. The van der Waals surface area contributed by atoms with Crippen LogP contribution in [0.5, 0.6) is 5.75 Å². The van der Waals surface area contributed by atoms with Crippen molar-refractivity contribution in [2.24, 2.45) is 0 Å². The van der Waals surface area contributed by atoms with Gasteiger partial charge in [0.25, 0.3) is 0 Å². The third kappa shape index (κ3) is 7.21. The molecule has 0 aliphatic heterocycles. The standard InChI is InChI=1S/C15H22F2N2O3/c1-3-21-10-4-9-18-15(20)19-11(2)12-5-7-13(8-6-12)22-14(16)17/h5-8,11,14H,3-4,9-10H2,1-2H3,(H2,18,19,20). The van der Waals surface area contributed by atoms with Crippen LogP contribution in [0.2, 0.25) is 0 Å². The molecule has 2 amide bonds. The molecule has 0 spiro atoms. The predicted octanol–water partition coefficient (Wildman–Crippen LogP) is 3.07. The van der Waals surface area contributed by atoms with Crippen LogP contribution >= 0.6 is 0 Å². The summed E-state index contributed by atoms with van der Waals surface area (Å²) in [5.74, 6) is 0.0892. The third-order valence-electron chi connectivity index (χ3n) is 2.91. The lowest BCUT2D eigenvalue weighted by Gasteiger charge is -2.15. The monoisotopic (exact) mass is 316 g/mol. The van der Waals surface area contributed by atoms with Crippen LogP contribution in [0.1, 0.15) is 31.9 Å². The number of hydrogen-bond acceptors (Lipinski definition) is 3. The third-order valence-corrected chi connectivity index (χ3v) is 2.91. The van der Waals surface area contributed by atoms with Gasteiger partial charge in [-0.25, -0.2) is 4.79 Å². The van der Waals surface area contributed by atoms with Gasteiger partial charge in [-0.05, 0) is 38.0 Å². The quantitative estimate of drug-likeness (QED) is 0.688. The van der Waals surface area contributed by atoms with Crippen LogP contribution in [0, 0.1) is 0 Å². The van der Waals surface area contributed by atoms with E-state index in [1.807, 2.05) is 13.8 Å². The second kappa shape index (κ2) is 9.94. The van der Waals surface area contributed by atoms with Crippen LogP contribution < -0.4 is 15.4 Å². The highest BCUT2D eigenvalue weighted by Crippen LogP contribution is 2.18. The van der Waals surface area contributed by atoms with Crippen LogP contribution in [0.4, 0.5) is 13.6 Å². The van der Waals surface area contributed by atoms with Gasteiger partial charge in [0.15, 0.2) is 0 Å². The van der Waals surface area contributed by atoms with Crippen molar-refractivity contribution >= 4 is 6.03 Å². The SMILES string of the molecule is CCOCCCNC(=O)NC(C)c1ccc(OC(F)F)cc1. The number of nitrogens with one attached hydrogen (secondary N) is 2. The first-order chi connectivity index (χ1) is 10.5. The van der Waals surface area contributed by atoms with Crippen molar-refractivity contribution in [2.45, 2.75) is 32.9 Å². The van der Waals surface area contributed by atoms with E-state index in [1.165, 1.54) is 12.1 Å². The number of urea groups is 1. The minimum atomic E-state index is -2.84. The number of alkyl halides is 2. The molecule has 0 radical (unpaired) electrons. The Morgan fingerprint density at radius 1 is 1.27 bits per heavy atom. The van der Waals surface area contributed by atoms with E-state index < -0.39 is 6.61 Å². The maximum absolute atomic E-state index is 12.1. The summed E-state index contributed by atoms with van der Waals surface area (Å²) in [6.07, 6.45) is 0.745. The zero-order valence-electron chi connectivity index (χ0n) is 12.8. The number of carbonyl (C=O) groups excluding carboxylic acids is 1. The first kappa shape index (κ1) is 18.2. The van der Waals surface area contributed by atoms with Crippen LogP contribution in [0.15, 0.2) is 24.3 Å². The molecule has 0 saturated carbocycles. The molecule has 22 heavy (non-hydrogen) atoms. The van der Waals surface area contributed by atoms with E-state index in [0.717, 1.165) is 12.0 Å². The van der Waals surface area contributed by atoms with E-state index in [4.69, 9.17) is 4.74 Å². The first-order valence-electron chi connectivity index (χ1n) is 7.19. The van der Waals surface area contributed by atoms with Gasteiger partial charge in [0, 0.05) is 19.8 Å². The Morgan fingerprint density at radius 3 is 2.55 bits per heavy atom. The molecule has 5 nitrogen and oxygen atoms in total. The first-order valence-corrected chi connectivity index (χ1v) is 7.19. The van der Waals surface area contributed by atoms with E-state index in [2.05, 4.69) is 15.4 Å². The molecule has 1 atom stereocenters. The van der Waals surface area contributed by atoms with Crippen molar-refractivity contribution in [3.8, 4) is 5.75 Å². The molecule has 0 fully saturated rings. The fourth-order valence-electron chi connectivity index (χ4n) is 1.79. The molecule has 0 heterocycles. The normalized spacial score (nSPS) is 12.0. The summed E-state index contributed by atoms with van der Waals surface area (Å²) < 4.78 is 33.5. The summed E-state index contributed by atoms with van der Waals surface area (Å²) >= 11 is 0. The fraction of sp³-hybridized carbons (Fsp3) is 0.533. The van der Waals surface area contributed by atoms with Gasteiger partial charge >= 0.3 is 12.6 Å². The Balaban J connectivity index is 2.34. The number of halogens is 2. The molecule has 1 rings (SSSR count).